The third-order valence-corrected chi connectivity index (χ3v) is 8.64. The fraction of sp³-hybridized carbons (Fsp3) is 0.576. The molecule has 1 aliphatic carbocycles. The maximum atomic E-state index is 13.5. The molecule has 7 nitrogen and oxygen atoms in total. The van der Waals surface area contributed by atoms with Gasteiger partial charge in [0.25, 0.3) is 5.91 Å². The number of aliphatic hydroxyl groups is 1. The summed E-state index contributed by atoms with van der Waals surface area (Å²) in [5, 5.41) is 28.0. The molecule has 0 radical (unpaired) electrons. The van der Waals surface area contributed by atoms with Crippen LogP contribution in [0.1, 0.15) is 80.8 Å². The minimum Gasteiger partial charge on any atom is -0.508 e. The molecule has 2 aliphatic rings. The lowest BCUT2D eigenvalue weighted by Crippen LogP contribution is -2.60. The zero-order valence-electron chi connectivity index (χ0n) is 24.5. The largest absolute Gasteiger partial charge is 0.508 e. The lowest BCUT2D eigenvalue weighted by Gasteiger charge is -2.47. The summed E-state index contributed by atoms with van der Waals surface area (Å²) in [7, 11) is 0. The highest BCUT2D eigenvalue weighted by Gasteiger charge is 2.41. The van der Waals surface area contributed by atoms with Crippen LogP contribution < -0.4 is 10.6 Å². The Morgan fingerprint density at radius 3 is 2.42 bits per heavy atom. The van der Waals surface area contributed by atoms with Gasteiger partial charge in [-0.3, -0.25) is 14.5 Å². The van der Waals surface area contributed by atoms with Crippen molar-refractivity contribution < 1.29 is 19.8 Å². The number of aliphatic hydroxyl groups excluding tert-OH is 1. The summed E-state index contributed by atoms with van der Waals surface area (Å²) in [5.41, 5.74) is 1.70. The second-order valence-electron chi connectivity index (χ2n) is 12.9. The van der Waals surface area contributed by atoms with Crippen molar-refractivity contribution in [2.45, 2.75) is 96.4 Å². The van der Waals surface area contributed by atoms with Gasteiger partial charge < -0.3 is 20.8 Å². The number of phenols is 1. The molecular weight excluding hydrogens is 502 g/mol. The van der Waals surface area contributed by atoms with Gasteiger partial charge in [-0.15, -0.1) is 0 Å². The molecule has 0 spiro atoms. The molecule has 218 valence electrons. The number of nitrogens with zero attached hydrogens (tertiary/aromatic N) is 1. The second kappa shape index (κ2) is 13.2. The Morgan fingerprint density at radius 2 is 1.73 bits per heavy atom. The zero-order valence-corrected chi connectivity index (χ0v) is 24.5. The van der Waals surface area contributed by atoms with E-state index in [4.69, 9.17) is 0 Å². The smallest absolute Gasteiger partial charge is 0.251 e. The van der Waals surface area contributed by atoms with Gasteiger partial charge in [0.05, 0.1) is 18.2 Å². The Kier molecular flexibility index (Phi) is 9.90. The van der Waals surface area contributed by atoms with E-state index in [0.29, 0.717) is 42.3 Å². The predicted octanol–water partition coefficient (Wildman–Crippen LogP) is 4.59. The SMILES string of the molecule is Cc1c(O)cccc1C(=O)N[C@@H](CCc1ccccc1)[C@H](O)CN1C[C@H]2CCCC[C@H]2C[C@H]1C(=O)NC(C)(C)C. The van der Waals surface area contributed by atoms with Crippen molar-refractivity contribution in [2.75, 3.05) is 13.1 Å². The van der Waals surface area contributed by atoms with Crippen molar-refractivity contribution in [2.24, 2.45) is 11.8 Å². The first-order chi connectivity index (χ1) is 19.0. The first-order valence-electron chi connectivity index (χ1n) is 14.9. The molecule has 2 amide bonds. The highest BCUT2D eigenvalue weighted by atomic mass is 16.3. The van der Waals surface area contributed by atoms with E-state index in [-0.39, 0.29) is 29.1 Å². The molecule has 2 fully saturated rings. The molecular formula is C33H47N3O4. The number of rotatable bonds is 9. The van der Waals surface area contributed by atoms with Crippen LogP contribution in [0.5, 0.6) is 5.75 Å². The van der Waals surface area contributed by atoms with E-state index >= 15 is 0 Å². The predicted molar refractivity (Wildman–Crippen MR) is 158 cm³/mol. The maximum Gasteiger partial charge on any atom is 0.251 e. The molecule has 7 heteroatoms. The van der Waals surface area contributed by atoms with E-state index in [1.165, 1.54) is 19.3 Å². The molecule has 0 aromatic heterocycles. The lowest BCUT2D eigenvalue weighted by molar-refractivity contribution is -0.132. The number of carbonyl (C=O) groups excluding carboxylic acids is 2. The van der Waals surface area contributed by atoms with Crippen LogP contribution in [0.3, 0.4) is 0 Å². The summed E-state index contributed by atoms with van der Waals surface area (Å²) >= 11 is 0. The topological polar surface area (TPSA) is 102 Å². The van der Waals surface area contributed by atoms with Gasteiger partial charge in [0, 0.05) is 29.8 Å². The molecule has 2 aromatic carbocycles. The molecule has 1 saturated carbocycles. The first-order valence-corrected chi connectivity index (χ1v) is 14.9. The van der Waals surface area contributed by atoms with Crippen LogP contribution in [0.4, 0.5) is 0 Å². The molecule has 0 unspecified atom stereocenters. The second-order valence-corrected chi connectivity index (χ2v) is 12.9. The van der Waals surface area contributed by atoms with Crippen molar-refractivity contribution in [3.8, 4) is 5.75 Å². The van der Waals surface area contributed by atoms with Gasteiger partial charge >= 0.3 is 0 Å². The summed E-state index contributed by atoms with van der Waals surface area (Å²) < 4.78 is 0. The number of carbonyl (C=O) groups is 2. The third-order valence-electron chi connectivity index (χ3n) is 8.64. The van der Waals surface area contributed by atoms with Gasteiger partial charge in [-0.1, -0.05) is 55.7 Å². The van der Waals surface area contributed by atoms with Gasteiger partial charge in [0.2, 0.25) is 5.91 Å². The minimum absolute atomic E-state index is 0.0176. The van der Waals surface area contributed by atoms with E-state index in [1.807, 2.05) is 51.1 Å². The number of β-amino-alcohol motifs (C(OH)–C–C–N with tert-alkyl or cyclic N) is 1. The number of fused-ring (bicyclic) bond motifs is 1. The Balaban J connectivity index is 1.54. The fourth-order valence-corrected chi connectivity index (χ4v) is 6.44. The van der Waals surface area contributed by atoms with Crippen LogP contribution >= 0.6 is 0 Å². The number of aromatic hydroxyl groups is 1. The summed E-state index contributed by atoms with van der Waals surface area (Å²) in [6, 6.07) is 14.1. The number of benzene rings is 2. The summed E-state index contributed by atoms with van der Waals surface area (Å²) in [4.78, 5) is 29.0. The molecule has 1 aliphatic heterocycles. The summed E-state index contributed by atoms with van der Waals surface area (Å²) in [6.45, 7) is 8.80. The number of hydrogen-bond donors (Lipinski definition) is 4. The van der Waals surface area contributed by atoms with Crippen molar-refractivity contribution >= 4 is 11.8 Å². The molecule has 1 heterocycles. The fourth-order valence-electron chi connectivity index (χ4n) is 6.44. The number of aryl methyl sites for hydroxylation is 1. The van der Waals surface area contributed by atoms with Crippen LogP contribution in [-0.4, -0.2) is 63.7 Å². The minimum atomic E-state index is -0.865. The van der Waals surface area contributed by atoms with Crippen molar-refractivity contribution in [1.82, 2.24) is 15.5 Å². The molecule has 1 saturated heterocycles. The Hall–Kier alpha value is -2.90. The van der Waals surface area contributed by atoms with Crippen LogP contribution in [0, 0.1) is 18.8 Å². The summed E-state index contributed by atoms with van der Waals surface area (Å²) in [6.07, 6.45) is 5.95. The highest BCUT2D eigenvalue weighted by molar-refractivity contribution is 5.96. The van der Waals surface area contributed by atoms with Crippen LogP contribution in [0.15, 0.2) is 48.5 Å². The molecule has 4 rings (SSSR count). The molecule has 4 N–H and O–H groups in total. The molecule has 2 aromatic rings. The Labute approximate surface area is 239 Å². The number of nitrogens with one attached hydrogen (secondary N) is 2. The number of hydrogen-bond acceptors (Lipinski definition) is 5. The molecule has 40 heavy (non-hydrogen) atoms. The van der Waals surface area contributed by atoms with E-state index in [1.54, 1.807) is 25.1 Å². The van der Waals surface area contributed by atoms with Gasteiger partial charge in [-0.05, 0) is 82.9 Å². The quantitative estimate of drug-likeness (QED) is 0.367. The van der Waals surface area contributed by atoms with Crippen LogP contribution in [-0.2, 0) is 11.2 Å². The van der Waals surface area contributed by atoms with Crippen molar-refractivity contribution in [3.63, 3.8) is 0 Å². The van der Waals surface area contributed by atoms with Gasteiger partial charge in [0.1, 0.15) is 5.75 Å². The van der Waals surface area contributed by atoms with Gasteiger partial charge in [0.15, 0.2) is 0 Å². The van der Waals surface area contributed by atoms with E-state index in [2.05, 4.69) is 15.5 Å². The average Bonchev–Trinajstić information content (AvgIpc) is 2.91. The highest BCUT2D eigenvalue weighted by Crippen LogP contribution is 2.39. The standard InChI is InChI=1S/C33H47N3O4/c1-22-26(15-10-16-29(22)37)31(39)34-27(18-17-23-11-6-5-7-12-23)30(38)21-36-20-25-14-9-8-13-24(25)19-28(36)32(40)35-33(2,3)4/h5-7,10-12,15-16,24-25,27-28,30,37-38H,8-9,13-14,17-21H2,1-4H3,(H,34,39)(H,35,40)/t24-,25+,27-,28-,30+/m0/s1. The van der Waals surface area contributed by atoms with Gasteiger partial charge in [-0.25, -0.2) is 0 Å². The average molecular weight is 550 g/mol. The van der Waals surface area contributed by atoms with Crippen molar-refractivity contribution in [3.05, 3.63) is 65.2 Å². The van der Waals surface area contributed by atoms with E-state index in [9.17, 15) is 19.8 Å². The Morgan fingerprint density at radius 1 is 1.02 bits per heavy atom. The first kappa shape index (κ1) is 30.1. The van der Waals surface area contributed by atoms with Crippen molar-refractivity contribution in [1.29, 1.82) is 0 Å². The maximum absolute atomic E-state index is 13.5. The summed E-state index contributed by atoms with van der Waals surface area (Å²) in [5.74, 6) is 0.840. The molecule has 5 atom stereocenters. The van der Waals surface area contributed by atoms with E-state index in [0.717, 1.165) is 24.9 Å². The lowest BCUT2D eigenvalue weighted by atomic mass is 9.72. The monoisotopic (exact) mass is 549 g/mol. The number of piperidine rings is 1. The normalized spacial score (nSPS) is 23.1. The zero-order chi connectivity index (χ0) is 28.9. The molecule has 0 bridgehead atoms. The van der Waals surface area contributed by atoms with Crippen LogP contribution in [0.25, 0.3) is 0 Å². The number of phenolic OH excluding ortho intramolecular Hbond substituents is 1. The Bertz CT molecular complexity index is 1150. The van der Waals surface area contributed by atoms with E-state index < -0.39 is 12.1 Å². The van der Waals surface area contributed by atoms with Crippen LogP contribution in [0.2, 0.25) is 0 Å². The van der Waals surface area contributed by atoms with Gasteiger partial charge in [-0.2, -0.15) is 0 Å². The number of amides is 2. The third kappa shape index (κ3) is 7.85. The number of likely N-dealkylation sites (tertiary alicyclic amines) is 1.